The number of carboxylic acids is 1. The lowest BCUT2D eigenvalue weighted by Gasteiger charge is -2.34. The van der Waals surface area contributed by atoms with E-state index in [0.29, 0.717) is 22.7 Å². The number of urea groups is 1. The Kier molecular flexibility index (Phi) is 10.5. The summed E-state index contributed by atoms with van der Waals surface area (Å²) in [5.74, 6) is -1.19. The Morgan fingerprint density at radius 2 is 1.71 bits per heavy atom. The first kappa shape index (κ1) is 28.5. The SMILES string of the molecule is COc1cc(CC(=O)NCC(=O)N(CCC(=O)O)C2CCCCC2)ccc1NC(=O)Nc1ccccc1C. The molecule has 0 saturated heterocycles. The van der Waals surface area contributed by atoms with Crippen LogP contribution < -0.4 is 20.7 Å². The van der Waals surface area contributed by atoms with Crippen LogP contribution in [0, 0.1) is 6.92 Å². The number of carbonyl (C=O) groups is 4. The van der Waals surface area contributed by atoms with Gasteiger partial charge in [-0.25, -0.2) is 4.79 Å². The average molecular weight is 525 g/mol. The van der Waals surface area contributed by atoms with Gasteiger partial charge in [-0.15, -0.1) is 0 Å². The molecule has 0 unspecified atom stereocenters. The molecule has 0 heterocycles. The first-order valence-corrected chi connectivity index (χ1v) is 12.9. The molecule has 1 aliphatic rings. The van der Waals surface area contributed by atoms with Gasteiger partial charge in [0.05, 0.1) is 32.2 Å². The summed E-state index contributed by atoms with van der Waals surface area (Å²) in [7, 11) is 1.47. The molecule has 3 rings (SSSR count). The van der Waals surface area contributed by atoms with Crippen LogP contribution in [0.15, 0.2) is 42.5 Å². The summed E-state index contributed by atoms with van der Waals surface area (Å²) in [6.07, 6.45) is 4.72. The Morgan fingerprint density at radius 3 is 2.39 bits per heavy atom. The van der Waals surface area contributed by atoms with Gasteiger partial charge in [-0.3, -0.25) is 14.4 Å². The van der Waals surface area contributed by atoms with E-state index in [0.717, 1.165) is 37.7 Å². The van der Waals surface area contributed by atoms with Crippen LogP contribution in [0.25, 0.3) is 0 Å². The minimum Gasteiger partial charge on any atom is -0.495 e. The molecule has 2 aromatic rings. The summed E-state index contributed by atoms with van der Waals surface area (Å²) in [5, 5.41) is 17.3. The Bertz CT molecular complexity index is 1150. The molecular weight excluding hydrogens is 488 g/mol. The highest BCUT2D eigenvalue weighted by Gasteiger charge is 2.26. The second-order valence-electron chi connectivity index (χ2n) is 9.40. The molecule has 4 amide bonds. The van der Waals surface area contributed by atoms with Crippen molar-refractivity contribution in [3.05, 3.63) is 53.6 Å². The van der Waals surface area contributed by atoms with Crippen LogP contribution in [0.1, 0.15) is 49.7 Å². The number of benzene rings is 2. The van der Waals surface area contributed by atoms with E-state index in [-0.39, 0.29) is 43.8 Å². The Morgan fingerprint density at radius 1 is 1.00 bits per heavy atom. The highest BCUT2D eigenvalue weighted by molar-refractivity contribution is 6.01. The topological polar surface area (TPSA) is 137 Å². The van der Waals surface area contributed by atoms with Crippen molar-refractivity contribution < 1.29 is 29.0 Å². The second-order valence-corrected chi connectivity index (χ2v) is 9.40. The Hall–Kier alpha value is -4.08. The number of hydrogen-bond donors (Lipinski definition) is 4. The maximum absolute atomic E-state index is 12.9. The van der Waals surface area contributed by atoms with Crippen LogP contribution in [0.4, 0.5) is 16.2 Å². The smallest absolute Gasteiger partial charge is 0.323 e. The predicted molar refractivity (Wildman–Crippen MR) is 144 cm³/mol. The van der Waals surface area contributed by atoms with E-state index in [1.54, 1.807) is 29.2 Å². The van der Waals surface area contributed by atoms with Gasteiger partial charge in [-0.2, -0.15) is 0 Å². The molecule has 10 heteroatoms. The zero-order valence-electron chi connectivity index (χ0n) is 21.9. The van der Waals surface area contributed by atoms with Crippen molar-refractivity contribution in [2.24, 2.45) is 0 Å². The van der Waals surface area contributed by atoms with Crippen molar-refractivity contribution in [1.82, 2.24) is 10.2 Å². The van der Waals surface area contributed by atoms with Crippen molar-refractivity contribution in [1.29, 1.82) is 0 Å². The molecule has 204 valence electrons. The molecule has 4 N–H and O–H groups in total. The lowest BCUT2D eigenvalue weighted by molar-refractivity contribution is -0.140. The fraction of sp³-hybridized carbons (Fsp3) is 0.429. The van der Waals surface area contributed by atoms with Crippen molar-refractivity contribution in [3.63, 3.8) is 0 Å². The van der Waals surface area contributed by atoms with Crippen LogP contribution in [0.5, 0.6) is 5.75 Å². The van der Waals surface area contributed by atoms with Crippen molar-refractivity contribution >= 4 is 35.2 Å². The molecule has 0 aromatic heterocycles. The zero-order chi connectivity index (χ0) is 27.5. The molecule has 0 bridgehead atoms. The largest absolute Gasteiger partial charge is 0.495 e. The van der Waals surface area contributed by atoms with Gasteiger partial charge in [0.25, 0.3) is 0 Å². The molecular formula is C28H36N4O6. The number of carbonyl (C=O) groups excluding carboxylic acids is 3. The fourth-order valence-corrected chi connectivity index (χ4v) is 4.58. The first-order chi connectivity index (χ1) is 18.3. The third kappa shape index (κ3) is 8.50. The van der Waals surface area contributed by atoms with Gasteiger partial charge >= 0.3 is 12.0 Å². The highest BCUT2D eigenvalue weighted by Crippen LogP contribution is 2.26. The third-order valence-electron chi connectivity index (χ3n) is 6.61. The van der Waals surface area contributed by atoms with E-state index < -0.39 is 12.0 Å². The van der Waals surface area contributed by atoms with E-state index in [1.165, 1.54) is 7.11 Å². The number of methoxy groups -OCH3 is 1. The molecule has 1 saturated carbocycles. The van der Waals surface area contributed by atoms with Gasteiger partial charge in [0.2, 0.25) is 11.8 Å². The van der Waals surface area contributed by atoms with Gasteiger partial charge in [0, 0.05) is 18.3 Å². The van der Waals surface area contributed by atoms with Gasteiger partial charge < -0.3 is 30.7 Å². The van der Waals surface area contributed by atoms with Crippen LogP contribution in [-0.2, 0) is 20.8 Å². The van der Waals surface area contributed by atoms with E-state index in [2.05, 4.69) is 16.0 Å². The van der Waals surface area contributed by atoms with E-state index >= 15 is 0 Å². The van der Waals surface area contributed by atoms with Gasteiger partial charge in [-0.1, -0.05) is 43.5 Å². The number of amides is 4. The average Bonchev–Trinajstić information content (AvgIpc) is 2.90. The second kappa shape index (κ2) is 14.0. The number of carboxylic acid groups (broad SMARTS) is 1. The van der Waals surface area contributed by atoms with E-state index in [1.807, 2.05) is 25.1 Å². The molecule has 10 nitrogen and oxygen atoms in total. The molecule has 0 radical (unpaired) electrons. The van der Waals surface area contributed by atoms with E-state index in [4.69, 9.17) is 9.84 Å². The minimum absolute atomic E-state index is 0.0118. The molecule has 0 atom stereocenters. The van der Waals surface area contributed by atoms with E-state index in [9.17, 15) is 19.2 Å². The molecule has 0 aliphatic heterocycles. The normalized spacial score (nSPS) is 13.3. The minimum atomic E-state index is -0.956. The summed E-state index contributed by atoms with van der Waals surface area (Å²) in [6.45, 7) is 1.84. The first-order valence-electron chi connectivity index (χ1n) is 12.9. The number of anilines is 2. The summed E-state index contributed by atoms with van der Waals surface area (Å²) >= 11 is 0. The molecule has 1 fully saturated rings. The number of aryl methyl sites for hydroxylation is 1. The van der Waals surface area contributed by atoms with Crippen LogP contribution >= 0.6 is 0 Å². The zero-order valence-corrected chi connectivity index (χ0v) is 21.9. The Balaban J connectivity index is 1.55. The number of nitrogens with zero attached hydrogens (tertiary/aromatic N) is 1. The molecule has 2 aromatic carbocycles. The number of aliphatic carboxylic acids is 1. The number of rotatable bonds is 11. The number of nitrogens with one attached hydrogen (secondary N) is 3. The standard InChI is InChI=1S/C28H36N4O6/c1-19-8-6-7-11-22(19)30-28(37)31-23-13-12-20(16-24(23)38-2)17-25(33)29-18-26(34)32(15-14-27(35)36)21-9-4-3-5-10-21/h6-8,11-13,16,21H,3-5,9-10,14-15,17-18H2,1-2H3,(H,29,33)(H,35,36)(H2,30,31,37). The van der Waals surface area contributed by atoms with Crippen molar-refractivity contribution in [2.45, 2.75) is 57.9 Å². The quantitative estimate of drug-likeness (QED) is 0.351. The van der Waals surface area contributed by atoms with Crippen molar-refractivity contribution in [3.8, 4) is 5.75 Å². The Labute approximate surface area is 222 Å². The lowest BCUT2D eigenvalue weighted by Crippen LogP contribution is -2.47. The van der Waals surface area contributed by atoms with Crippen LogP contribution in [0.3, 0.4) is 0 Å². The van der Waals surface area contributed by atoms with Crippen molar-refractivity contribution in [2.75, 3.05) is 30.8 Å². The van der Waals surface area contributed by atoms with Gasteiger partial charge in [0.1, 0.15) is 5.75 Å². The number of ether oxygens (including phenoxy) is 1. The summed E-state index contributed by atoms with van der Waals surface area (Å²) in [6, 6.07) is 12.0. The highest BCUT2D eigenvalue weighted by atomic mass is 16.5. The third-order valence-corrected chi connectivity index (χ3v) is 6.61. The maximum atomic E-state index is 12.9. The predicted octanol–water partition coefficient (Wildman–Crippen LogP) is 3.94. The summed E-state index contributed by atoms with van der Waals surface area (Å²) in [4.78, 5) is 50.6. The molecule has 1 aliphatic carbocycles. The molecule has 0 spiro atoms. The number of hydrogen-bond acceptors (Lipinski definition) is 5. The van der Waals surface area contributed by atoms with Crippen LogP contribution in [-0.4, -0.2) is 60.1 Å². The van der Waals surface area contributed by atoms with Gasteiger partial charge in [-0.05, 0) is 49.1 Å². The summed E-state index contributed by atoms with van der Waals surface area (Å²) in [5.41, 5.74) is 2.71. The lowest BCUT2D eigenvalue weighted by atomic mass is 9.94. The monoisotopic (exact) mass is 524 g/mol. The van der Waals surface area contributed by atoms with Crippen LogP contribution in [0.2, 0.25) is 0 Å². The fourth-order valence-electron chi connectivity index (χ4n) is 4.58. The number of para-hydroxylation sites is 1. The molecule has 38 heavy (non-hydrogen) atoms. The van der Waals surface area contributed by atoms with Gasteiger partial charge in [0.15, 0.2) is 0 Å². The maximum Gasteiger partial charge on any atom is 0.323 e. The summed E-state index contributed by atoms with van der Waals surface area (Å²) < 4.78 is 5.40.